The lowest BCUT2D eigenvalue weighted by Gasteiger charge is -2.21. The second-order valence-corrected chi connectivity index (χ2v) is 16.0. The Kier molecular flexibility index (Phi) is 19.6. The zero-order valence-corrected chi connectivity index (χ0v) is 38.6. The molecular formula is C28H26I6N4O12. The molecule has 0 aliphatic heterocycles. The predicted molar refractivity (Wildman–Crippen MR) is 229 cm³/mol. The average molecular weight is 1370 g/mol. The van der Waals surface area contributed by atoms with E-state index in [0.29, 0.717) is 32.5 Å². The van der Waals surface area contributed by atoms with Gasteiger partial charge in [-0.1, -0.05) is 0 Å². The first-order valence-electron chi connectivity index (χ1n) is 13.6. The number of halogens is 6. The number of hydrogen-bond acceptors (Lipinski definition) is 12. The van der Waals surface area contributed by atoms with Crippen molar-refractivity contribution >= 4 is 200 Å². The summed E-state index contributed by atoms with van der Waals surface area (Å²) in [6.07, 6.45) is -0.0730. The van der Waals surface area contributed by atoms with Crippen molar-refractivity contribution in [2.24, 2.45) is 0 Å². The largest absolute Gasteiger partial charge is 0.461 e. The molecule has 4 amide bonds. The Morgan fingerprint density at radius 1 is 0.520 bits per heavy atom. The van der Waals surface area contributed by atoms with Crippen LogP contribution in [0.25, 0.3) is 0 Å². The molecule has 0 fully saturated rings. The number of carbonyl (C=O) groups excluding carboxylic acids is 7. The molecule has 272 valence electrons. The number of benzene rings is 2. The summed E-state index contributed by atoms with van der Waals surface area (Å²) in [6, 6.07) is 0. The van der Waals surface area contributed by atoms with Gasteiger partial charge in [0.15, 0.2) is 13.2 Å². The third-order valence-electron chi connectivity index (χ3n) is 5.93. The number of esters is 3. The highest BCUT2D eigenvalue weighted by Gasteiger charge is 2.26. The fraction of sp³-hybridized carbons (Fsp3) is 0.321. The minimum atomic E-state index is -0.799. The first-order valence-corrected chi connectivity index (χ1v) is 20.1. The molecule has 0 bridgehead atoms. The van der Waals surface area contributed by atoms with E-state index in [1.54, 1.807) is 0 Å². The maximum absolute atomic E-state index is 13.1. The molecule has 0 unspecified atom stereocenters. The molecule has 0 atom stereocenters. The SMILES string of the molecule is CC(=O)OCC(=O)Nc1c(I)c(CCC(=O)OCc2c(I)c(NC(=O)CO)c(I)c(NC(=O)CO)c2I)c(I)c(NC(=O)COC(C)=O)c1I. The highest BCUT2D eigenvalue weighted by Crippen LogP contribution is 2.41. The Labute approximate surface area is 366 Å². The molecule has 0 saturated carbocycles. The zero-order valence-electron chi connectivity index (χ0n) is 25.7. The van der Waals surface area contributed by atoms with Gasteiger partial charge in [-0.2, -0.15) is 0 Å². The van der Waals surface area contributed by atoms with Crippen LogP contribution in [0.5, 0.6) is 0 Å². The third kappa shape index (κ3) is 13.2. The summed E-state index contributed by atoms with van der Waals surface area (Å²) in [6.45, 7) is -0.680. The van der Waals surface area contributed by atoms with E-state index in [-0.39, 0.29) is 42.2 Å². The minimum Gasteiger partial charge on any atom is -0.461 e. The van der Waals surface area contributed by atoms with E-state index in [9.17, 15) is 43.8 Å². The minimum absolute atomic E-state index is 0.0857. The Morgan fingerprint density at radius 3 is 1.20 bits per heavy atom. The van der Waals surface area contributed by atoms with Crippen molar-refractivity contribution in [2.75, 3.05) is 47.7 Å². The molecule has 0 aliphatic carbocycles. The van der Waals surface area contributed by atoms with Gasteiger partial charge in [-0.25, -0.2) is 0 Å². The van der Waals surface area contributed by atoms with Crippen molar-refractivity contribution in [3.05, 3.63) is 32.5 Å². The highest BCUT2D eigenvalue weighted by atomic mass is 127. The Balaban J connectivity index is 2.43. The van der Waals surface area contributed by atoms with Crippen LogP contribution >= 0.6 is 136 Å². The maximum atomic E-state index is 13.1. The monoisotopic (exact) mass is 1370 g/mol. The molecule has 2 aromatic rings. The van der Waals surface area contributed by atoms with E-state index in [2.05, 4.69) is 21.3 Å². The van der Waals surface area contributed by atoms with Gasteiger partial charge in [-0.3, -0.25) is 33.6 Å². The van der Waals surface area contributed by atoms with Crippen LogP contribution in [0.4, 0.5) is 22.7 Å². The molecule has 22 heteroatoms. The van der Waals surface area contributed by atoms with Crippen LogP contribution in [0.1, 0.15) is 31.4 Å². The first kappa shape index (κ1) is 45.2. The lowest BCUT2D eigenvalue weighted by atomic mass is 10.1. The van der Waals surface area contributed by atoms with Crippen molar-refractivity contribution in [2.45, 2.75) is 33.3 Å². The molecule has 2 rings (SSSR count). The van der Waals surface area contributed by atoms with Crippen molar-refractivity contribution in [1.29, 1.82) is 0 Å². The van der Waals surface area contributed by atoms with Crippen LogP contribution < -0.4 is 21.3 Å². The first-order chi connectivity index (χ1) is 23.4. The molecule has 16 nitrogen and oxygen atoms in total. The Hall–Kier alpha value is -0.970. The topological polar surface area (TPSA) is 236 Å². The molecule has 0 saturated heterocycles. The summed E-state index contributed by atoms with van der Waals surface area (Å²) in [5, 5.41) is 29.1. The van der Waals surface area contributed by atoms with Crippen LogP contribution in [-0.2, 0) is 60.8 Å². The summed E-state index contributed by atoms with van der Waals surface area (Å²) in [5.41, 5.74) is 2.10. The van der Waals surface area contributed by atoms with E-state index in [0.717, 1.165) is 13.8 Å². The van der Waals surface area contributed by atoms with Crippen molar-refractivity contribution < 1.29 is 58.0 Å². The van der Waals surface area contributed by atoms with E-state index < -0.39 is 68.0 Å². The Bertz CT molecular complexity index is 1620. The number of amides is 4. The fourth-order valence-electron chi connectivity index (χ4n) is 3.71. The molecule has 0 spiro atoms. The summed E-state index contributed by atoms with van der Waals surface area (Å²) >= 11 is 11.7. The fourth-order valence-corrected chi connectivity index (χ4v) is 12.0. The van der Waals surface area contributed by atoms with Crippen molar-refractivity contribution in [3.8, 4) is 0 Å². The van der Waals surface area contributed by atoms with Gasteiger partial charge in [-0.05, 0) is 148 Å². The van der Waals surface area contributed by atoms with Crippen molar-refractivity contribution in [1.82, 2.24) is 0 Å². The molecule has 0 aliphatic rings. The number of rotatable bonds is 15. The number of ether oxygens (including phenoxy) is 3. The molecule has 0 aromatic heterocycles. The maximum Gasteiger partial charge on any atom is 0.306 e. The van der Waals surface area contributed by atoms with Crippen LogP contribution in [0.15, 0.2) is 0 Å². The van der Waals surface area contributed by atoms with Crippen LogP contribution in [0, 0.1) is 21.4 Å². The van der Waals surface area contributed by atoms with E-state index >= 15 is 0 Å². The van der Waals surface area contributed by atoms with Gasteiger partial charge in [0.05, 0.1) is 29.9 Å². The summed E-state index contributed by atoms with van der Waals surface area (Å²) < 4.78 is 18.1. The highest BCUT2D eigenvalue weighted by molar-refractivity contribution is 14.1. The number of hydrogen-bond donors (Lipinski definition) is 6. The normalized spacial score (nSPS) is 10.5. The van der Waals surface area contributed by atoms with Gasteiger partial charge in [-0.15, -0.1) is 0 Å². The van der Waals surface area contributed by atoms with Gasteiger partial charge in [0.1, 0.15) is 19.8 Å². The standard InChI is InChI=1S/C28H26I6N4O12/c1-10(41)48-8-16(45)37-25-19(29)12(20(30)26(23(25)33)38-17(46)9-49-11(2)42)3-4-18(47)50-7-13-21(31)27(35-14(43)5-39)24(34)28(22(13)32)36-15(44)6-40/h39-40H,3-9H2,1-2H3,(H,35,43)(H,36,44)(H,37,45)(H,38,46). The summed E-state index contributed by atoms with van der Waals surface area (Å²) in [7, 11) is 0. The number of anilines is 4. The molecule has 50 heavy (non-hydrogen) atoms. The molecule has 2 aromatic carbocycles. The lowest BCUT2D eigenvalue weighted by Crippen LogP contribution is -2.24. The van der Waals surface area contributed by atoms with Gasteiger partial charge < -0.3 is 45.7 Å². The number of aliphatic hydroxyl groups is 2. The lowest BCUT2D eigenvalue weighted by molar-refractivity contribution is -0.145. The second kappa shape index (κ2) is 21.7. The smallest absolute Gasteiger partial charge is 0.306 e. The number of carbonyl (C=O) groups is 7. The van der Waals surface area contributed by atoms with Crippen molar-refractivity contribution in [3.63, 3.8) is 0 Å². The average Bonchev–Trinajstić information content (AvgIpc) is 3.06. The number of nitrogens with one attached hydrogen (secondary N) is 4. The van der Waals surface area contributed by atoms with Gasteiger partial charge in [0, 0.05) is 40.1 Å². The predicted octanol–water partition coefficient (Wildman–Crippen LogP) is 3.86. The van der Waals surface area contributed by atoms with Crippen LogP contribution in [0.3, 0.4) is 0 Å². The molecule has 0 heterocycles. The quantitative estimate of drug-likeness (QED) is 0.0848. The van der Waals surface area contributed by atoms with E-state index in [1.165, 1.54) is 0 Å². The Morgan fingerprint density at radius 2 is 0.860 bits per heavy atom. The van der Waals surface area contributed by atoms with Gasteiger partial charge >= 0.3 is 17.9 Å². The van der Waals surface area contributed by atoms with Crippen LogP contribution in [-0.4, -0.2) is 78.2 Å². The third-order valence-corrected chi connectivity index (χ3v) is 12.8. The van der Waals surface area contributed by atoms with Crippen LogP contribution in [0.2, 0.25) is 0 Å². The molecule has 0 radical (unpaired) electrons. The summed E-state index contributed by atoms with van der Waals surface area (Å²) in [5.74, 6) is -4.67. The zero-order chi connectivity index (χ0) is 37.9. The van der Waals surface area contributed by atoms with Gasteiger partial charge in [0.25, 0.3) is 11.8 Å². The second-order valence-electron chi connectivity index (χ2n) is 9.57. The molecular weight excluding hydrogens is 1350 g/mol. The van der Waals surface area contributed by atoms with E-state index in [1.807, 2.05) is 136 Å². The number of aliphatic hydroxyl groups excluding tert-OH is 2. The summed E-state index contributed by atoms with van der Waals surface area (Å²) in [4.78, 5) is 84.9. The van der Waals surface area contributed by atoms with Gasteiger partial charge in [0.2, 0.25) is 11.8 Å². The molecule has 6 N–H and O–H groups in total. The van der Waals surface area contributed by atoms with E-state index in [4.69, 9.17) is 14.2 Å².